The van der Waals surface area contributed by atoms with E-state index in [2.05, 4.69) is 0 Å². The topological polar surface area (TPSA) is 69.6 Å². The molecule has 1 atom stereocenters. The molecule has 0 bridgehead atoms. The number of halogens is 1. The van der Waals surface area contributed by atoms with Crippen LogP contribution in [0.5, 0.6) is 0 Å². The molecule has 1 aliphatic carbocycles. The van der Waals surface area contributed by atoms with Crippen molar-refractivity contribution in [1.82, 2.24) is 10.4 Å². The van der Waals surface area contributed by atoms with Crippen LogP contribution in [0.2, 0.25) is 5.02 Å². The van der Waals surface area contributed by atoms with E-state index in [1.807, 2.05) is 35.2 Å². The van der Waals surface area contributed by atoms with Crippen LogP contribution in [-0.2, 0) is 24.2 Å². The van der Waals surface area contributed by atoms with Crippen LogP contribution in [0, 0.1) is 5.41 Å². The van der Waals surface area contributed by atoms with Crippen molar-refractivity contribution in [3.63, 3.8) is 0 Å². The van der Waals surface area contributed by atoms with Crippen molar-refractivity contribution < 1.29 is 14.8 Å². The quantitative estimate of drug-likeness (QED) is 0.629. The van der Waals surface area contributed by atoms with E-state index in [1.165, 1.54) is 5.56 Å². The maximum absolute atomic E-state index is 13.2. The van der Waals surface area contributed by atoms with Crippen LogP contribution >= 0.6 is 11.6 Å². The average molecular weight is 385 g/mol. The van der Waals surface area contributed by atoms with E-state index in [0.29, 0.717) is 23.6 Å². The summed E-state index contributed by atoms with van der Waals surface area (Å²) < 4.78 is 0. The molecule has 2 aromatic rings. The fraction of sp³-hybridized carbons (Fsp3) is 0.333. The van der Waals surface area contributed by atoms with Gasteiger partial charge < -0.3 is 4.90 Å². The predicted molar refractivity (Wildman–Crippen MR) is 102 cm³/mol. The van der Waals surface area contributed by atoms with Gasteiger partial charge in [-0.25, -0.2) is 5.48 Å². The van der Waals surface area contributed by atoms with Gasteiger partial charge in [-0.05, 0) is 66.6 Å². The molecular weight excluding hydrogens is 364 g/mol. The number of amides is 2. The summed E-state index contributed by atoms with van der Waals surface area (Å²) in [6.07, 6.45) is 3.12. The molecule has 1 saturated heterocycles. The highest BCUT2D eigenvalue weighted by atomic mass is 35.5. The highest BCUT2D eigenvalue weighted by Crippen LogP contribution is 2.44. The van der Waals surface area contributed by atoms with Crippen molar-refractivity contribution in [2.24, 2.45) is 5.41 Å². The first-order valence-corrected chi connectivity index (χ1v) is 9.49. The summed E-state index contributed by atoms with van der Waals surface area (Å²) in [6.45, 7) is 1.30. The SMILES string of the molecule is O=C(NO)c1ccc2c(c1)C[C@]1(CC2)CCN(Cc2cccc(Cl)c2)C1=O. The van der Waals surface area contributed by atoms with E-state index in [4.69, 9.17) is 16.8 Å². The van der Waals surface area contributed by atoms with Gasteiger partial charge >= 0.3 is 0 Å². The fourth-order valence-electron chi connectivity index (χ4n) is 4.36. The van der Waals surface area contributed by atoms with Crippen molar-refractivity contribution in [3.8, 4) is 0 Å². The van der Waals surface area contributed by atoms with E-state index < -0.39 is 5.91 Å². The molecule has 1 fully saturated rings. The van der Waals surface area contributed by atoms with Gasteiger partial charge in [-0.1, -0.05) is 29.8 Å². The highest BCUT2D eigenvalue weighted by molar-refractivity contribution is 6.30. The van der Waals surface area contributed by atoms with Crippen LogP contribution in [0.3, 0.4) is 0 Å². The van der Waals surface area contributed by atoms with Gasteiger partial charge in [0, 0.05) is 23.7 Å². The second kappa shape index (κ2) is 6.98. The third-order valence-electron chi connectivity index (χ3n) is 5.84. The minimum absolute atomic E-state index is 0.185. The number of rotatable bonds is 3. The summed E-state index contributed by atoms with van der Waals surface area (Å²) in [5, 5.41) is 9.54. The van der Waals surface area contributed by atoms with Gasteiger partial charge in [0.2, 0.25) is 5.91 Å². The molecule has 0 unspecified atom stereocenters. The first-order valence-electron chi connectivity index (χ1n) is 9.11. The molecule has 2 amide bonds. The first-order chi connectivity index (χ1) is 13.0. The van der Waals surface area contributed by atoms with Gasteiger partial charge in [0.05, 0.1) is 5.41 Å². The van der Waals surface area contributed by atoms with Crippen LogP contribution < -0.4 is 5.48 Å². The molecule has 0 radical (unpaired) electrons. The number of nitrogens with zero attached hydrogens (tertiary/aromatic N) is 1. The van der Waals surface area contributed by atoms with E-state index in [1.54, 1.807) is 17.6 Å². The van der Waals surface area contributed by atoms with Crippen molar-refractivity contribution >= 4 is 23.4 Å². The van der Waals surface area contributed by atoms with Crippen molar-refractivity contribution in [1.29, 1.82) is 0 Å². The maximum atomic E-state index is 13.2. The van der Waals surface area contributed by atoms with Crippen LogP contribution in [0.1, 0.15) is 39.9 Å². The van der Waals surface area contributed by atoms with E-state index >= 15 is 0 Å². The second-order valence-corrected chi connectivity index (χ2v) is 7.92. The van der Waals surface area contributed by atoms with Crippen LogP contribution in [0.25, 0.3) is 0 Å². The number of benzene rings is 2. The molecule has 4 rings (SSSR count). The third kappa shape index (κ3) is 3.33. The van der Waals surface area contributed by atoms with Crippen molar-refractivity contribution in [3.05, 3.63) is 69.7 Å². The molecular formula is C21H21ClN2O3. The Morgan fingerprint density at radius 2 is 2.04 bits per heavy atom. The third-order valence-corrected chi connectivity index (χ3v) is 6.07. The number of carbonyl (C=O) groups excluding carboxylic acids is 2. The molecule has 5 nitrogen and oxygen atoms in total. The Kier molecular flexibility index (Phi) is 4.66. The maximum Gasteiger partial charge on any atom is 0.274 e. The van der Waals surface area contributed by atoms with Gasteiger partial charge in [0.25, 0.3) is 5.91 Å². The monoisotopic (exact) mass is 384 g/mol. The Balaban J connectivity index is 1.55. The lowest BCUT2D eigenvalue weighted by Gasteiger charge is -2.33. The molecule has 1 heterocycles. The Labute approximate surface area is 162 Å². The number of aryl methyl sites for hydroxylation is 1. The summed E-state index contributed by atoms with van der Waals surface area (Å²) >= 11 is 6.06. The zero-order chi connectivity index (χ0) is 19.0. The summed E-state index contributed by atoms with van der Waals surface area (Å²) in [7, 11) is 0. The molecule has 6 heteroatoms. The number of hydrogen-bond donors (Lipinski definition) is 2. The molecule has 2 aromatic carbocycles. The smallest absolute Gasteiger partial charge is 0.274 e. The predicted octanol–water partition coefficient (Wildman–Crippen LogP) is 3.37. The van der Waals surface area contributed by atoms with Gasteiger partial charge in [0.1, 0.15) is 0 Å². The van der Waals surface area contributed by atoms with Crippen LogP contribution in [0.4, 0.5) is 0 Å². The zero-order valence-corrected chi connectivity index (χ0v) is 15.6. The lowest BCUT2D eigenvalue weighted by Crippen LogP contribution is -2.38. The van der Waals surface area contributed by atoms with Gasteiger partial charge in [-0.15, -0.1) is 0 Å². The Bertz CT molecular complexity index is 914. The van der Waals surface area contributed by atoms with Crippen LogP contribution in [-0.4, -0.2) is 28.5 Å². The molecule has 2 aliphatic rings. The summed E-state index contributed by atoms with van der Waals surface area (Å²) in [5.74, 6) is -0.345. The van der Waals surface area contributed by atoms with Crippen molar-refractivity contribution in [2.45, 2.75) is 32.2 Å². The van der Waals surface area contributed by atoms with Gasteiger partial charge in [-0.2, -0.15) is 0 Å². The molecule has 2 N–H and O–H groups in total. The van der Waals surface area contributed by atoms with E-state index in [-0.39, 0.29) is 11.3 Å². The number of fused-ring (bicyclic) bond motifs is 1. The molecule has 0 aromatic heterocycles. The second-order valence-electron chi connectivity index (χ2n) is 7.49. The molecule has 27 heavy (non-hydrogen) atoms. The van der Waals surface area contributed by atoms with Gasteiger partial charge in [0.15, 0.2) is 0 Å². The summed E-state index contributed by atoms with van der Waals surface area (Å²) in [6, 6.07) is 13.1. The summed E-state index contributed by atoms with van der Waals surface area (Å²) in [5.41, 5.74) is 4.93. The fourth-order valence-corrected chi connectivity index (χ4v) is 4.58. The van der Waals surface area contributed by atoms with Crippen LogP contribution in [0.15, 0.2) is 42.5 Å². The van der Waals surface area contributed by atoms with E-state index in [9.17, 15) is 9.59 Å². The lowest BCUT2D eigenvalue weighted by atomic mass is 9.70. The minimum Gasteiger partial charge on any atom is -0.338 e. The average Bonchev–Trinajstić information content (AvgIpc) is 2.96. The molecule has 1 aliphatic heterocycles. The Morgan fingerprint density at radius 1 is 1.19 bits per heavy atom. The zero-order valence-electron chi connectivity index (χ0n) is 14.9. The number of carbonyl (C=O) groups is 2. The van der Waals surface area contributed by atoms with E-state index in [0.717, 1.165) is 36.9 Å². The number of hydroxylamine groups is 1. The molecule has 140 valence electrons. The first kappa shape index (κ1) is 18.0. The Hall–Kier alpha value is -2.37. The highest BCUT2D eigenvalue weighted by Gasteiger charge is 2.48. The lowest BCUT2D eigenvalue weighted by molar-refractivity contribution is -0.137. The Morgan fingerprint density at radius 3 is 2.81 bits per heavy atom. The molecule has 0 saturated carbocycles. The standard InChI is InChI=1S/C21H21ClN2O3/c22-18-3-1-2-14(10-18)13-24-9-8-21(20(24)26)7-6-15-4-5-16(19(25)23-27)11-17(15)12-21/h1-5,10-11,27H,6-9,12-13H2,(H,23,25)/t21-/m0/s1. The largest absolute Gasteiger partial charge is 0.338 e. The van der Waals surface area contributed by atoms with Gasteiger partial charge in [-0.3, -0.25) is 14.8 Å². The normalized spacial score (nSPS) is 21.4. The minimum atomic E-state index is -0.530. The number of likely N-dealkylation sites (tertiary alicyclic amines) is 1. The number of nitrogens with one attached hydrogen (secondary N) is 1. The number of hydrogen-bond acceptors (Lipinski definition) is 3. The molecule has 1 spiro atoms. The summed E-state index contributed by atoms with van der Waals surface area (Å²) in [4.78, 5) is 26.9. The van der Waals surface area contributed by atoms with Crippen molar-refractivity contribution in [2.75, 3.05) is 6.54 Å².